The third-order valence-corrected chi connectivity index (χ3v) is 7.89. The Morgan fingerprint density at radius 1 is 1.13 bits per heavy atom. The van der Waals surface area contributed by atoms with Gasteiger partial charge in [-0.3, -0.25) is 14.5 Å². The maximum atomic E-state index is 13.1. The number of hydrogen-bond acceptors (Lipinski definition) is 4. The van der Waals surface area contributed by atoms with E-state index in [2.05, 4.69) is 46.3 Å². The molecule has 0 radical (unpaired) electrons. The second kappa shape index (κ2) is 10.8. The molecule has 1 fully saturated rings. The molecule has 1 atom stereocenters. The van der Waals surface area contributed by atoms with E-state index in [4.69, 9.17) is 11.6 Å². The molecule has 1 unspecified atom stereocenters. The van der Waals surface area contributed by atoms with E-state index in [1.165, 1.54) is 5.56 Å². The molecule has 2 aromatic carbocycles. The van der Waals surface area contributed by atoms with Gasteiger partial charge in [-0.2, -0.15) is 0 Å². The molecule has 8 heteroatoms. The monoisotopic (exact) mass is 531 g/mol. The zero-order valence-corrected chi connectivity index (χ0v) is 23.1. The predicted octanol–water partition coefficient (Wildman–Crippen LogP) is 5.02. The molecule has 3 N–H and O–H groups in total. The summed E-state index contributed by atoms with van der Waals surface area (Å²) >= 11 is 6.11. The molecule has 0 bridgehead atoms. The first-order valence-electron chi connectivity index (χ1n) is 13.0. The van der Waals surface area contributed by atoms with Crippen LogP contribution in [0, 0.1) is 13.8 Å². The predicted molar refractivity (Wildman–Crippen MR) is 153 cm³/mol. The second-order valence-corrected chi connectivity index (χ2v) is 10.8. The number of aryl methyl sites for hydroxylation is 1. The molecule has 0 spiro atoms. The van der Waals surface area contributed by atoms with Gasteiger partial charge in [0.1, 0.15) is 0 Å². The third-order valence-electron chi connectivity index (χ3n) is 7.66. The molecule has 1 aromatic heterocycles. The topological polar surface area (TPSA) is 80.5 Å². The van der Waals surface area contributed by atoms with Crippen molar-refractivity contribution in [1.29, 1.82) is 0 Å². The van der Waals surface area contributed by atoms with Crippen molar-refractivity contribution in [2.24, 2.45) is 0 Å². The van der Waals surface area contributed by atoms with Gasteiger partial charge in [0, 0.05) is 65.9 Å². The zero-order valence-electron chi connectivity index (χ0n) is 22.3. The number of anilines is 1. The molecule has 0 aliphatic carbocycles. The number of nitrogens with zero attached hydrogens (tertiary/aromatic N) is 2. The van der Waals surface area contributed by atoms with Crippen LogP contribution in [0.25, 0.3) is 11.6 Å². The van der Waals surface area contributed by atoms with Crippen molar-refractivity contribution in [3.8, 4) is 0 Å². The molecular weight excluding hydrogens is 498 g/mol. The number of H-pyrrole nitrogens is 1. The maximum Gasteiger partial charge on any atom is 0.256 e. The van der Waals surface area contributed by atoms with Crippen LogP contribution in [0.3, 0.4) is 0 Å². The number of carbonyl (C=O) groups excluding carboxylic acids is 2. The van der Waals surface area contributed by atoms with Crippen LogP contribution < -0.4 is 10.6 Å². The highest BCUT2D eigenvalue weighted by atomic mass is 35.5. The number of carbonyl (C=O) groups is 2. The minimum absolute atomic E-state index is 0.169. The Kier molecular flexibility index (Phi) is 7.43. The molecule has 3 aromatic rings. The first-order valence-corrected chi connectivity index (χ1v) is 13.4. The molecule has 198 valence electrons. The summed E-state index contributed by atoms with van der Waals surface area (Å²) in [5.74, 6) is -0.377. The Morgan fingerprint density at radius 3 is 2.63 bits per heavy atom. The van der Waals surface area contributed by atoms with Crippen molar-refractivity contribution in [2.75, 3.05) is 38.5 Å². The zero-order chi connectivity index (χ0) is 27.0. The summed E-state index contributed by atoms with van der Waals surface area (Å²) in [6.45, 7) is 11.3. The van der Waals surface area contributed by atoms with Gasteiger partial charge >= 0.3 is 0 Å². The Hall–Kier alpha value is -3.39. The van der Waals surface area contributed by atoms with Crippen molar-refractivity contribution in [3.05, 3.63) is 86.7 Å². The van der Waals surface area contributed by atoms with E-state index in [1.807, 2.05) is 31.2 Å². The van der Waals surface area contributed by atoms with Gasteiger partial charge in [-0.05, 0) is 80.9 Å². The Bertz CT molecular complexity index is 1420. The first-order chi connectivity index (χ1) is 18.2. The molecular formula is C30H34ClN5O2. The van der Waals surface area contributed by atoms with Gasteiger partial charge in [0.25, 0.3) is 11.8 Å². The van der Waals surface area contributed by atoms with E-state index < -0.39 is 0 Å². The van der Waals surface area contributed by atoms with Crippen molar-refractivity contribution < 1.29 is 9.59 Å². The number of nitrogens with one attached hydrogen (secondary N) is 3. The SMILES string of the molecule is Cc1[nH]c(C=C2C(=O)Nc3ccc(C(=O)NC(C)c4cccc(Cl)c4)cc32)c(C)c1CN1CCN(C)CC1. The lowest BCUT2D eigenvalue weighted by Gasteiger charge is -2.32. The lowest BCUT2D eigenvalue weighted by atomic mass is 10.0. The number of halogens is 1. The summed E-state index contributed by atoms with van der Waals surface area (Å²) in [6, 6.07) is 12.5. The van der Waals surface area contributed by atoms with Crippen LogP contribution >= 0.6 is 11.6 Å². The van der Waals surface area contributed by atoms with E-state index in [0.29, 0.717) is 21.8 Å². The molecule has 0 saturated carbocycles. The third kappa shape index (κ3) is 5.41. The average molecular weight is 532 g/mol. The van der Waals surface area contributed by atoms with Crippen LogP contribution in [0.15, 0.2) is 42.5 Å². The molecule has 7 nitrogen and oxygen atoms in total. The fraction of sp³-hybridized carbons (Fsp3) is 0.333. The van der Waals surface area contributed by atoms with E-state index in [-0.39, 0.29) is 17.9 Å². The van der Waals surface area contributed by atoms with E-state index in [9.17, 15) is 9.59 Å². The summed E-state index contributed by atoms with van der Waals surface area (Å²) in [6.07, 6.45) is 1.91. The van der Waals surface area contributed by atoms with Gasteiger partial charge in [-0.25, -0.2) is 0 Å². The van der Waals surface area contributed by atoms with Gasteiger partial charge in [-0.1, -0.05) is 23.7 Å². The van der Waals surface area contributed by atoms with Gasteiger partial charge in [-0.15, -0.1) is 0 Å². The van der Waals surface area contributed by atoms with Gasteiger partial charge < -0.3 is 20.5 Å². The second-order valence-electron chi connectivity index (χ2n) is 10.4. The normalized spacial score (nSPS) is 17.9. The molecule has 38 heavy (non-hydrogen) atoms. The molecule has 2 aliphatic heterocycles. The van der Waals surface area contributed by atoms with Crippen LogP contribution in [-0.2, 0) is 11.3 Å². The number of aromatic nitrogens is 1. The number of aromatic amines is 1. The summed E-state index contributed by atoms with van der Waals surface area (Å²) in [7, 11) is 2.16. The fourth-order valence-electron chi connectivity index (χ4n) is 5.18. The molecule has 3 heterocycles. The molecule has 2 amide bonds. The van der Waals surface area contributed by atoms with Crippen LogP contribution in [0.2, 0.25) is 5.02 Å². The maximum absolute atomic E-state index is 13.1. The summed E-state index contributed by atoms with van der Waals surface area (Å²) < 4.78 is 0. The van der Waals surface area contributed by atoms with Gasteiger partial charge in [0.2, 0.25) is 0 Å². The Labute approximate surface area is 228 Å². The fourth-order valence-corrected chi connectivity index (χ4v) is 5.38. The smallest absolute Gasteiger partial charge is 0.256 e. The molecule has 1 saturated heterocycles. The van der Waals surface area contributed by atoms with Crippen LogP contribution in [0.5, 0.6) is 0 Å². The van der Waals surface area contributed by atoms with Crippen LogP contribution in [0.1, 0.15) is 57.0 Å². The van der Waals surface area contributed by atoms with Gasteiger partial charge in [0.05, 0.1) is 11.6 Å². The van der Waals surface area contributed by atoms with Crippen molar-refractivity contribution in [3.63, 3.8) is 0 Å². The van der Waals surface area contributed by atoms with Crippen molar-refractivity contribution in [2.45, 2.75) is 33.4 Å². The highest BCUT2D eigenvalue weighted by Crippen LogP contribution is 2.35. The number of hydrogen-bond donors (Lipinski definition) is 3. The summed E-state index contributed by atoms with van der Waals surface area (Å²) in [4.78, 5) is 34.4. The van der Waals surface area contributed by atoms with E-state index in [1.54, 1.807) is 24.3 Å². The molecule has 2 aliphatic rings. The van der Waals surface area contributed by atoms with E-state index >= 15 is 0 Å². The average Bonchev–Trinajstić information content (AvgIpc) is 3.34. The lowest BCUT2D eigenvalue weighted by Crippen LogP contribution is -2.44. The number of rotatable bonds is 6. The molecule has 5 rings (SSSR count). The van der Waals surface area contributed by atoms with Crippen LogP contribution in [-0.4, -0.2) is 59.8 Å². The largest absolute Gasteiger partial charge is 0.359 e. The highest BCUT2D eigenvalue weighted by Gasteiger charge is 2.27. The van der Waals surface area contributed by atoms with Crippen LogP contribution in [0.4, 0.5) is 5.69 Å². The van der Waals surface area contributed by atoms with Crippen molar-refractivity contribution in [1.82, 2.24) is 20.1 Å². The number of amides is 2. The lowest BCUT2D eigenvalue weighted by molar-refractivity contribution is -0.110. The highest BCUT2D eigenvalue weighted by molar-refractivity contribution is 6.35. The van der Waals surface area contributed by atoms with Crippen molar-refractivity contribution >= 4 is 40.8 Å². The number of fused-ring (bicyclic) bond motifs is 1. The number of benzene rings is 2. The Balaban J connectivity index is 1.38. The minimum atomic E-state index is -0.215. The quantitative estimate of drug-likeness (QED) is 0.390. The number of piperazine rings is 1. The minimum Gasteiger partial charge on any atom is -0.359 e. The summed E-state index contributed by atoms with van der Waals surface area (Å²) in [5, 5.41) is 6.60. The summed E-state index contributed by atoms with van der Waals surface area (Å²) in [5.41, 5.74) is 7.88. The Morgan fingerprint density at radius 2 is 1.89 bits per heavy atom. The van der Waals surface area contributed by atoms with E-state index in [0.717, 1.165) is 60.8 Å². The van der Waals surface area contributed by atoms with Gasteiger partial charge in [0.15, 0.2) is 0 Å². The first kappa shape index (κ1) is 26.2. The number of likely N-dealkylation sites (N-methyl/N-ethyl adjacent to an activating group) is 1. The standard InChI is InChI=1S/C30H34ClN5O2/c1-18-26(17-36-12-10-35(4)11-13-36)20(3)32-28(18)16-25-24-15-22(8-9-27(24)34-30(25)38)29(37)33-19(2)21-6-5-7-23(31)14-21/h5-9,14-16,19,32H,10-13,17H2,1-4H3,(H,33,37)(H,34,38).